The Morgan fingerprint density at radius 3 is 2.71 bits per heavy atom. The maximum absolute atomic E-state index is 12.4. The van der Waals surface area contributed by atoms with Gasteiger partial charge in [0.15, 0.2) is 0 Å². The third kappa shape index (κ3) is 3.93. The summed E-state index contributed by atoms with van der Waals surface area (Å²) in [6.07, 6.45) is 5.89. The molecule has 130 valence electrons. The van der Waals surface area contributed by atoms with E-state index in [1.54, 1.807) is 12.1 Å². The first-order chi connectivity index (χ1) is 11.5. The third-order valence-electron chi connectivity index (χ3n) is 5.27. The average Bonchev–Trinajstić information content (AvgIpc) is 2.91. The number of non-ortho nitro benzene ring substituents is 1. The van der Waals surface area contributed by atoms with E-state index in [2.05, 4.69) is 10.6 Å². The van der Waals surface area contributed by atoms with Gasteiger partial charge in [-0.05, 0) is 43.6 Å². The molecule has 6 heteroatoms. The fourth-order valence-electron chi connectivity index (χ4n) is 4.13. The molecule has 0 aliphatic carbocycles. The number of benzene rings is 1. The smallest absolute Gasteiger partial charge is 0.269 e. The zero-order chi connectivity index (χ0) is 17.1. The molecule has 3 rings (SSSR count). The Kier molecular flexibility index (Phi) is 5.14. The van der Waals surface area contributed by atoms with E-state index in [1.165, 1.54) is 18.9 Å². The number of nitrogens with one attached hydrogen (secondary N) is 2. The van der Waals surface area contributed by atoms with Crippen LogP contribution in [0.2, 0.25) is 0 Å². The van der Waals surface area contributed by atoms with Crippen molar-refractivity contribution in [2.45, 2.75) is 63.6 Å². The molecule has 2 N–H and O–H groups in total. The van der Waals surface area contributed by atoms with E-state index in [0.717, 1.165) is 18.4 Å². The number of nitrogens with zero attached hydrogens (tertiary/aromatic N) is 1. The Morgan fingerprint density at radius 1 is 1.38 bits per heavy atom. The molecule has 2 fully saturated rings. The fourth-order valence-corrected chi connectivity index (χ4v) is 4.13. The summed E-state index contributed by atoms with van der Waals surface area (Å²) in [6.45, 7) is 1.98. The second kappa shape index (κ2) is 7.30. The number of fused-ring (bicyclic) bond motifs is 2. The molecule has 0 saturated carbocycles. The van der Waals surface area contributed by atoms with Gasteiger partial charge in [-0.3, -0.25) is 14.9 Å². The standard InChI is InChI=1S/C18H25N3O3/c1-2-17(13-4-3-5-16(11-13)21(23)24)20-18(22)10-12-8-14-6-7-15(9-12)19-14/h3-5,11-12,14-15,17,19H,2,6-10H2,1H3,(H,20,22). The van der Waals surface area contributed by atoms with Gasteiger partial charge in [-0.25, -0.2) is 0 Å². The number of hydrogen-bond donors (Lipinski definition) is 2. The summed E-state index contributed by atoms with van der Waals surface area (Å²) in [5.41, 5.74) is 0.862. The van der Waals surface area contributed by atoms with E-state index in [4.69, 9.17) is 0 Å². The molecule has 24 heavy (non-hydrogen) atoms. The van der Waals surface area contributed by atoms with Gasteiger partial charge in [-0.15, -0.1) is 0 Å². The third-order valence-corrected chi connectivity index (χ3v) is 5.27. The summed E-state index contributed by atoms with van der Waals surface area (Å²) in [7, 11) is 0. The molecule has 3 atom stereocenters. The number of carbonyl (C=O) groups excluding carboxylic acids is 1. The van der Waals surface area contributed by atoms with Crippen LogP contribution in [0.5, 0.6) is 0 Å². The molecule has 2 aliphatic rings. The summed E-state index contributed by atoms with van der Waals surface area (Å²) in [5, 5.41) is 17.6. The Hall–Kier alpha value is -1.95. The highest BCUT2D eigenvalue weighted by atomic mass is 16.6. The molecule has 1 amide bonds. The molecular formula is C18H25N3O3. The zero-order valence-corrected chi connectivity index (χ0v) is 14.0. The van der Waals surface area contributed by atoms with Crippen LogP contribution in [0.1, 0.15) is 57.1 Å². The molecule has 0 spiro atoms. The van der Waals surface area contributed by atoms with Gasteiger partial charge in [-0.2, -0.15) is 0 Å². The number of carbonyl (C=O) groups is 1. The van der Waals surface area contributed by atoms with Gasteiger partial charge >= 0.3 is 0 Å². The van der Waals surface area contributed by atoms with Crippen LogP contribution in [0, 0.1) is 16.0 Å². The Balaban J connectivity index is 1.59. The van der Waals surface area contributed by atoms with E-state index in [1.807, 2.05) is 13.0 Å². The summed E-state index contributed by atoms with van der Waals surface area (Å²) in [6, 6.07) is 7.54. The van der Waals surface area contributed by atoms with E-state index in [9.17, 15) is 14.9 Å². The van der Waals surface area contributed by atoms with Crippen molar-refractivity contribution < 1.29 is 9.72 Å². The van der Waals surface area contributed by atoms with Gasteiger partial charge < -0.3 is 10.6 Å². The topological polar surface area (TPSA) is 84.3 Å². The van der Waals surface area contributed by atoms with Crippen molar-refractivity contribution in [1.82, 2.24) is 10.6 Å². The maximum Gasteiger partial charge on any atom is 0.269 e. The SMILES string of the molecule is CCC(NC(=O)CC1CC2CCC(C1)N2)c1cccc([N+](=O)[O-])c1. The van der Waals surface area contributed by atoms with Gasteiger partial charge in [0.2, 0.25) is 5.91 Å². The van der Waals surface area contributed by atoms with Crippen molar-refractivity contribution in [1.29, 1.82) is 0 Å². The lowest BCUT2D eigenvalue weighted by molar-refractivity contribution is -0.384. The van der Waals surface area contributed by atoms with Crippen LogP contribution in [-0.4, -0.2) is 22.9 Å². The van der Waals surface area contributed by atoms with Crippen LogP contribution in [0.3, 0.4) is 0 Å². The number of amides is 1. The number of piperidine rings is 1. The van der Waals surface area contributed by atoms with Gasteiger partial charge in [0.25, 0.3) is 5.69 Å². The predicted octanol–water partition coefficient (Wildman–Crippen LogP) is 3.08. The minimum atomic E-state index is -0.400. The summed E-state index contributed by atoms with van der Waals surface area (Å²) < 4.78 is 0. The second-order valence-corrected chi connectivity index (χ2v) is 7.06. The predicted molar refractivity (Wildman–Crippen MR) is 91.6 cm³/mol. The minimum absolute atomic E-state index is 0.0552. The van der Waals surface area contributed by atoms with Crippen molar-refractivity contribution in [3.05, 3.63) is 39.9 Å². The Bertz CT molecular complexity index is 607. The lowest BCUT2D eigenvalue weighted by Gasteiger charge is -2.29. The van der Waals surface area contributed by atoms with Gasteiger partial charge in [0.05, 0.1) is 11.0 Å². The average molecular weight is 331 g/mol. The molecule has 0 radical (unpaired) electrons. The van der Waals surface area contributed by atoms with E-state index in [-0.39, 0.29) is 17.6 Å². The number of nitro groups is 1. The normalized spacial score (nSPS) is 26.8. The molecule has 2 saturated heterocycles. The molecule has 0 aromatic heterocycles. The van der Waals surface area contributed by atoms with Gasteiger partial charge in [0, 0.05) is 30.6 Å². The molecule has 1 aromatic carbocycles. The highest BCUT2D eigenvalue weighted by Crippen LogP contribution is 2.33. The number of rotatable bonds is 6. The molecule has 2 bridgehead atoms. The lowest BCUT2D eigenvalue weighted by atomic mass is 9.89. The van der Waals surface area contributed by atoms with E-state index >= 15 is 0 Å². The minimum Gasteiger partial charge on any atom is -0.349 e. The molecule has 2 heterocycles. The first-order valence-electron chi connectivity index (χ1n) is 8.85. The first kappa shape index (κ1) is 16.9. The van der Waals surface area contributed by atoms with Crippen molar-refractivity contribution >= 4 is 11.6 Å². The summed E-state index contributed by atoms with van der Waals surface area (Å²) in [4.78, 5) is 23.0. The van der Waals surface area contributed by atoms with Crippen LogP contribution in [0.25, 0.3) is 0 Å². The maximum atomic E-state index is 12.4. The lowest BCUT2D eigenvalue weighted by Crippen LogP contribution is -2.40. The van der Waals surface area contributed by atoms with Crippen molar-refractivity contribution in [3.8, 4) is 0 Å². The highest BCUT2D eigenvalue weighted by Gasteiger charge is 2.34. The number of nitro benzene ring substituents is 1. The Morgan fingerprint density at radius 2 is 2.08 bits per heavy atom. The van der Waals surface area contributed by atoms with Gasteiger partial charge in [0.1, 0.15) is 0 Å². The van der Waals surface area contributed by atoms with Crippen LogP contribution in [0.15, 0.2) is 24.3 Å². The van der Waals surface area contributed by atoms with Crippen molar-refractivity contribution in [2.75, 3.05) is 0 Å². The van der Waals surface area contributed by atoms with Crippen LogP contribution >= 0.6 is 0 Å². The van der Waals surface area contributed by atoms with Crippen molar-refractivity contribution in [3.63, 3.8) is 0 Å². The van der Waals surface area contributed by atoms with E-state index in [0.29, 0.717) is 30.8 Å². The van der Waals surface area contributed by atoms with Gasteiger partial charge in [-0.1, -0.05) is 19.1 Å². The van der Waals surface area contributed by atoms with Crippen LogP contribution < -0.4 is 10.6 Å². The largest absolute Gasteiger partial charge is 0.349 e. The highest BCUT2D eigenvalue weighted by molar-refractivity contribution is 5.76. The van der Waals surface area contributed by atoms with Crippen LogP contribution in [-0.2, 0) is 4.79 Å². The Labute approximate surface area is 142 Å². The fraction of sp³-hybridized carbons (Fsp3) is 0.611. The monoisotopic (exact) mass is 331 g/mol. The number of hydrogen-bond acceptors (Lipinski definition) is 4. The van der Waals surface area contributed by atoms with Crippen molar-refractivity contribution in [2.24, 2.45) is 5.92 Å². The molecule has 6 nitrogen and oxygen atoms in total. The first-order valence-corrected chi connectivity index (χ1v) is 8.85. The quantitative estimate of drug-likeness (QED) is 0.620. The molecule has 1 aromatic rings. The second-order valence-electron chi connectivity index (χ2n) is 7.06. The summed E-state index contributed by atoms with van der Waals surface area (Å²) >= 11 is 0. The zero-order valence-electron chi connectivity index (χ0n) is 14.0. The van der Waals surface area contributed by atoms with Crippen LogP contribution in [0.4, 0.5) is 5.69 Å². The molecule has 3 unspecified atom stereocenters. The molecule has 2 aliphatic heterocycles. The summed E-state index contributed by atoms with van der Waals surface area (Å²) in [5.74, 6) is 0.506. The van der Waals surface area contributed by atoms with E-state index < -0.39 is 4.92 Å². The molecular weight excluding hydrogens is 306 g/mol.